The molecule has 2 bridgehead atoms. The fourth-order valence-electron chi connectivity index (χ4n) is 3.88. The van der Waals surface area contributed by atoms with Crippen molar-refractivity contribution in [2.24, 2.45) is 5.41 Å². The number of carbonyl (C=O) groups is 1. The van der Waals surface area contributed by atoms with E-state index >= 15 is 0 Å². The van der Waals surface area contributed by atoms with Gasteiger partial charge in [0.25, 0.3) is 0 Å². The molecular formula is C14H17NO2. The van der Waals surface area contributed by atoms with Crippen LogP contribution in [0.3, 0.4) is 0 Å². The Labute approximate surface area is 101 Å². The molecule has 1 heterocycles. The number of hydrogen-bond donors (Lipinski definition) is 0. The summed E-state index contributed by atoms with van der Waals surface area (Å²) in [5.41, 5.74) is 1.37. The van der Waals surface area contributed by atoms with Crippen molar-refractivity contribution in [1.29, 1.82) is 0 Å². The molecular weight excluding hydrogens is 214 g/mol. The summed E-state index contributed by atoms with van der Waals surface area (Å²) in [5.74, 6) is -0.0121. The highest BCUT2D eigenvalue weighted by Crippen LogP contribution is 2.64. The summed E-state index contributed by atoms with van der Waals surface area (Å²) < 4.78 is 4.96. The van der Waals surface area contributed by atoms with Gasteiger partial charge in [0, 0.05) is 12.4 Å². The van der Waals surface area contributed by atoms with E-state index in [9.17, 15) is 4.79 Å². The number of rotatable bonds is 2. The first-order valence-electron chi connectivity index (χ1n) is 6.20. The van der Waals surface area contributed by atoms with E-state index in [1.807, 2.05) is 12.4 Å². The van der Waals surface area contributed by atoms with Crippen molar-refractivity contribution in [2.75, 3.05) is 7.11 Å². The number of ether oxygens (including phenoxy) is 1. The van der Waals surface area contributed by atoms with Crippen LogP contribution in [0.25, 0.3) is 0 Å². The molecule has 0 N–H and O–H groups in total. The van der Waals surface area contributed by atoms with Crippen LogP contribution in [0.15, 0.2) is 24.5 Å². The molecule has 0 saturated heterocycles. The largest absolute Gasteiger partial charge is 0.469 e. The minimum atomic E-state index is -0.184. The minimum Gasteiger partial charge on any atom is -0.469 e. The lowest BCUT2D eigenvalue weighted by atomic mass is 9.44. The second kappa shape index (κ2) is 3.56. The van der Waals surface area contributed by atoms with Crippen LogP contribution in [0.4, 0.5) is 0 Å². The van der Waals surface area contributed by atoms with Crippen molar-refractivity contribution in [3.63, 3.8) is 0 Å². The van der Waals surface area contributed by atoms with E-state index in [2.05, 4.69) is 17.1 Å². The first kappa shape index (κ1) is 10.8. The molecule has 0 unspecified atom stereocenters. The Bertz CT molecular complexity index is 435. The first-order chi connectivity index (χ1) is 8.21. The molecule has 0 atom stereocenters. The topological polar surface area (TPSA) is 39.2 Å². The van der Waals surface area contributed by atoms with E-state index < -0.39 is 0 Å². The van der Waals surface area contributed by atoms with Crippen LogP contribution in [0.2, 0.25) is 0 Å². The molecule has 3 fully saturated rings. The summed E-state index contributed by atoms with van der Waals surface area (Å²) in [5, 5.41) is 0. The molecule has 0 radical (unpaired) electrons. The molecule has 0 spiro atoms. The van der Waals surface area contributed by atoms with Crippen molar-refractivity contribution in [3.8, 4) is 0 Å². The summed E-state index contributed by atoms with van der Waals surface area (Å²) >= 11 is 0. The van der Waals surface area contributed by atoms with Gasteiger partial charge in [-0.2, -0.15) is 0 Å². The maximum absolute atomic E-state index is 11.9. The van der Waals surface area contributed by atoms with E-state index in [0.29, 0.717) is 0 Å². The quantitative estimate of drug-likeness (QED) is 0.734. The van der Waals surface area contributed by atoms with Crippen molar-refractivity contribution >= 4 is 5.97 Å². The molecule has 3 saturated carbocycles. The van der Waals surface area contributed by atoms with Crippen LogP contribution in [0.5, 0.6) is 0 Å². The summed E-state index contributed by atoms with van der Waals surface area (Å²) in [6, 6.07) is 4.18. The lowest BCUT2D eigenvalue weighted by Gasteiger charge is -2.59. The number of esters is 1. The monoisotopic (exact) mass is 231 g/mol. The second-order valence-electron chi connectivity index (χ2n) is 5.50. The average molecular weight is 231 g/mol. The Balaban J connectivity index is 1.88. The number of methoxy groups -OCH3 is 1. The number of nitrogens with zero attached hydrogens (tertiary/aromatic N) is 1. The molecule has 1 aromatic rings. The van der Waals surface area contributed by atoms with E-state index in [1.165, 1.54) is 19.1 Å². The molecule has 3 aliphatic rings. The predicted molar refractivity (Wildman–Crippen MR) is 63.4 cm³/mol. The van der Waals surface area contributed by atoms with Crippen LogP contribution in [-0.2, 0) is 14.9 Å². The van der Waals surface area contributed by atoms with Crippen LogP contribution >= 0.6 is 0 Å². The van der Waals surface area contributed by atoms with Crippen LogP contribution in [0, 0.1) is 5.41 Å². The van der Waals surface area contributed by atoms with Crippen LogP contribution < -0.4 is 0 Å². The molecule has 0 aromatic carbocycles. The summed E-state index contributed by atoms with van der Waals surface area (Å²) in [6.07, 6.45) is 8.90. The van der Waals surface area contributed by atoms with E-state index in [4.69, 9.17) is 4.74 Å². The molecule has 17 heavy (non-hydrogen) atoms. The number of aromatic nitrogens is 1. The first-order valence-corrected chi connectivity index (χ1v) is 6.20. The Morgan fingerprint density at radius 1 is 1.29 bits per heavy atom. The number of hydrogen-bond acceptors (Lipinski definition) is 3. The van der Waals surface area contributed by atoms with Gasteiger partial charge < -0.3 is 4.74 Å². The summed E-state index contributed by atoms with van der Waals surface area (Å²) in [4.78, 5) is 15.9. The highest BCUT2D eigenvalue weighted by molar-refractivity contribution is 5.79. The molecule has 1 aromatic heterocycles. The standard InChI is InChI=1S/C14H17NO2/c1-17-12(16)14-6-2-5-13(9-14,10-14)11-3-7-15-8-4-11/h3-4,7-8H,2,5-6,9-10H2,1H3. The van der Waals surface area contributed by atoms with Crippen LogP contribution in [0.1, 0.15) is 37.7 Å². The molecule has 3 nitrogen and oxygen atoms in total. The zero-order chi connectivity index (χ0) is 11.9. The van der Waals surface area contributed by atoms with Gasteiger partial charge >= 0.3 is 5.97 Å². The van der Waals surface area contributed by atoms with Crippen molar-refractivity contribution < 1.29 is 9.53 Å². The highest BCUT2D eigenvalue weighted by Gasteiger charge is 2.62. The third-order valence-corrected chi connectivity index (χ3v) is 4.58. The lowest BCUT2D eigenvalue weighted by molar-refractivity contribution is -0.170. The fourth-order valence-corrected chi connectivity index (χ4v) is 3.88. The molecule has 3 heteroatoms. The number of pyridine rings is 1. The van der Waals surface area contributed by atoms with E-state index in [0.717, 1.165) is 25.7 Å². The van der Waals surface area contributed by atoms with Crippen molar-refractivity contribution in [1.82, 2.24) is 4.98 Å². The minimum absolute atomic E-state index is 0.0121. The number of fused-ring (bicyclic) bond motifs is 2. The van der Waals surface area contributed by atoms with Gasteiger partial charge in [-0.25, -0.2) is 0 Å². The molecule has 90 valence electrons. The highest BCUT2D eigenvalue weighted by atomic mass is 16.5. The third kappa shape index (κ3) is 1.41. The predicted octanol–water partition coefficient (Wildman–Crippen LogP) is 2.46. The Morgan fingerprint density at radius 3 is 2.65 bits per heavy atom. The van der Waals surface area contributed by atoms with E-state index in [1.54, 1.807) is 0 Å². The fraction of sp³-hybridized carbons (Fsp3) is 0.571. The molecule has 3 aliphatic carbocycles. The van der Waals surface area contributed by atoms with Gasteiger partial charge in [-0.1, -0.05) is 6.42 Å². The van der Waals surface area contributed by atoms with Crippen LogP contribution in [-0.4, -0.2) is 18.1 Å². The van der Waals surface area contributed by atoms with Gasteiger partial charge in [-0.15, -0.1) is 0 Å². The van der Waals surface area contributed by atoms with Gasteiger partial charge in [-0.05, 0) is 48.8 Å². The van der Waals surface area contributed by atoms with Gasteiger partial charge in [0.15, 0.2) is 0 Å². The van der Waals surface area contributed by atoms with Gasteiger partial charge in [-0.3, -0.25) is 9.78 Å². The lowest BCUT2D eigenvalue weighted by Crippen LogP contribution is -2.57. The summed E-state index contributed by atoms with van der Waals surface area (Å²) in [6.45, 7) is 0. The smallest absolute Gasteiger partial charge is 0.311 e. The Kier molecular flexibility index (Phi) is 2.25. The zero-order valence-electron chi connectivity index (χ0n) is 10.1. The maximum atomic E-state index is 11.9. The Morgan fingerprint density at radius 2 is 2.00 bits per heavy atom. The van der Waals surface area contributed by atoms with E-state index in [-0.39, 0.29) is 16.8 Å². The SMILES string of the molecule is COC(=O)C12CCCC(c3ccncc3)(C1)C2. The zero-order valence-corrected chi connectivity index (χ0v) is 10.1. The number of carbonyl (C=O) groups excluding carboxylic acids is 1. The van der Waals surface area contributed by atoms with Gasteiger partial charge in [0.1, 0.15) is 0 Å². The van der Waals surface area contributed by atoms with Crippen molar-refractivity contribution in [3.05, 3.63) is 30.1 Å². The Hall–Kier alpha value is -1.38. The molecule has 4 rings (SSSR count). The maximum Gasteiger partial charge on any atom is 0.311 e. The normalized spacial score (nSPS) is 34.9. The van der Waals surface area contributed by atoms with Gasteiger partial charge in [0.05, 0.1) is 12.5 Å². The summed E-state index contributed by atoms with van der Waals surface area (Å²) in [7, 11) is 1.50. The molecule has 0 amide bonds. The molecule has 0 aliphatic heterocycles. The van der Waals surface area contributed by atoms with Crippen molar-refractivity contribution in [2.45, 2.75) is 37.5 Å². The average Bonchev–Trinajstić information content (AvgIpc) is 2.38. The third-order valence-electron chi connectivity index (χ3n) is 4.58. The van der Waals surface area contributed by atoms with Gasteiger partial charge in [0.2, 0.25) is 0 Å². The second-order valence-corrected chi connectivity index (χ2v) is 5.50.